The molecular formula is C15H12N4O5. The lowest BCUT2D eigenvalue weighted by molar-refractivity contribution is -0.383. The summed E-state index contributed by atoms with van der Waals surface area (Å²) in [6, 6.07) is 8.77. The zero-order chi connectivity index (χ0) is 16.5. The summed E-state index contributed by atoms with van der Waals surface area (Å²) >= 11 is 0. The van der Waals surface area contributed by atoms with E-state index in [0.29, 0.717) is 17.7 Å². The molecule has 0 unspecified atom stereocenters. The van der Waals surface area contributed by atoms with Gasteiger partial charge in [0.25, 0.3) is 0 Å². The molecule has 1 N–H and O–H groups in total. The molecule has 0 aliphatic carbocycles. The first-order chi connectivity index (χ1) is 11.7. The number of hydrogen-bond donors (Lipinski definition) is 1. The molecule has 1 aromatic heterocycles. The Morgan fingerprint density at radius 3 is 2.83 bits per heavy atom. The maximum Gasteiger partial charge on any atom is 0.300 e. The lowest BCUT2D eigenvalue weighted by Gasteiger charge is -2.07. The van der Waals surface area contributed by atoms with Gasteiger partial charge in [-0.15, -0.1) is 0 Å². The van der Waals surface area contributed by atoms with E-state index >= 15 is 0 Å². The van der Waals surface area contributed by atoms with Crippen LogP contribution < -0.4 is 14.8 Å². The highest BCUT2D eigenvalue weighted by Gasteiger charge is 2.19. The molecule has 0 saturated carbocycles. The maximum absolute atomic E-state index is 11.0. The fourth-order valence-electron chi connectivity index (χ4n) is 2.58. The van der Waals surface area contributed by atoms with Gasteiger partial charge in [0.05, 0.1) is 10.6 Å². The third-order valence-corrected chi connectivity index (χ3v) is 3.76. The van der Waals surface area contributed by atoms with Crippen molar-refractivity contribution in [3.8, 4) is 11.5 Å². The van der Waals surface area contributed by atoms with Crippen LogP contribution in [0.25, 0.3) is 11.0 Å². The van der Waals surface area contributed by atoms with Crippen LogP contribution in [0, 0.1) is 10.1 Å². The molecule has 0 amide bonds. The van der Waals surface area contributed by atoms with Gasteiger partial charge in [-0.1, -0.05) is 6.07 Å². The summed E-state index contributed by atoms with van der Waals surface area (Å²) in [4.78, 5) is 10.5. The highest BCUT2D eigenvalue weighted by Crippen LogP contribution is 2.33. The Bertz CT molecular complexity index is 923. The molecule has 0 radical (unpaired) electrons. The standard InChI is InChI=1S/C15H12N4O5/c20-19(21)11-3-2-10(14-15(11)18-24-17-14)16-6-5-9-1-4-12-13(7-9)23-8-22-12/h1-4,7,16H,5-6,8H2. The predicted molar refractivity (Wildman–Crippen MR) is 83.2 cm³/mol. The maximum atomic E-state index is 11.0. The van der Waals surface area contributed by atoms with E-state index in [4.69, 9.17) is 9.47 Å². The van der Waals surface area contributed by atoms with E-state index in [0.717, 1.165) is 23.5 Å². The molecule has 9 heteroatoms. The third kappa shape index (κ3) is 2.45. The minimum Gasteiger partial charge on any atom is -0.454 e. The zero-order valence-corrected chi connectivity index (χ0v) is 12.4. The third-order valence-electron chi connectivity index (χ3n) is 3.76. The summed E-state index contributed by atoms with van der Waals surface area (Å²) in [5.41, 5.74) is 2.07. The SMILES string of the molecule is O=[N+]([O-])c1ccc(NCCc2ccc3c(c2)OCO3)c2nonc12. The lowest BCUT2D eigenvalue weighted by Crippen LogP contribution is -2.05. The van der Waals surface area contributed by atoms with Crippen LogP contribution >= 0.6 is 0 Å². The van der Waals surface area contributed by atoms with Crippen molar-refractivity contribution < 1.29 is 19.0 Å². The first-order valence-electron chi connectivity index (χ1n) is 7.24. The molecule has 2 heterocycles. The number of benzene rings is 2. The smallest absolute Gasteiger partial charge is 0.300 e. The van der Waals surface area contributed by atoms with E-state index in [2.05, 4.69) is 20.3 Å². The number of fused-ring (bicyclic) bond motifs is 2. The molecule has 0 atom stereocenters. The molecule has 1 aliphatic heterocycles. The second-order valence-corrected chi connectivity index (χ2v) is 5.22. The molecule has 24 heavy (non-hydrogen) atoms. The summed E-state index contributed by atoms with van der Waals surface area (Å²) < 4.78 is 15.3. The molecule has 0 saturated heterocycles. The van der Waals surface area contributed by atoms with Crippen LogP contribution in [-0.4, -0.2) is 28.6 Å². The number of rotatable bonds is 5. The number of non-ortho nitro benzene ring substituents is 1. The highest BCUT2D eigenvalue weighted by molar-refractivity contribution is 5.93. The zero-order valence-electron chi connectivity index (χ0n) is 12.4. The summed E-state index contributed by atoms with van der Waals surface area (Å²) in [6.07, 6.45) is 0.737. The molecular weight excluding hydrogens is 316 g/mol. The fourth-order valence-corrected chi connectivity index (χ4v) is 2.58. The Morgan fingerprint density at radius 1 is 1.12 bits per heavy atom. The van der Waals surface area contributed by atoms with Gasteiger partial charge in [0, 0.05) is 12.6 Å². The number of nitrogens with one attached hydrogen (secondary N) is 1. The van der Waals surface area contributed by atoms with Crippen LogP contribution in [0.1, 0.15) is 5.56 Å². The van der Waals surface area contributed by atoms with Crippen molar-refractivity contribution in [3.63, 3.8) is 0 Å². The quantitative estimate of drug-likeness (QED) is 0.561. The van der Waals surface area contributed by atoms with Crippen molar-refractivity contribution in [2.24, 2.45) is 0 Å². The molecule has 2 aromatic carbocycles. The van der Waals surface area contributed by atoms with Gasteiger partial charge in [0.2, 0.25) is 12.3 Å². The van der Waals surface area contributed by atoms with E-state index in [1.54, 1.807) is 6.07 Å². The van der Waals surface area contributed by atoms with Crippen molar-refractivity contribution in [1.82, 2.24) is 10.3 Å². The summed E-state index contributed by atoms with van der Waals surface area (Å²) in [5.74, 6) is 1.49. The summed E-state index contributed by atoms with van der Waals surface area (Å²) in [6.45, 7) is 0.858. The molecule has 3 aromatic rings. The van der Waals surface area contributed by atoms with Crippen molar-refractivity contribution in [2.75, 3.05) is 18.7 Å². The van der Waals surface area contributed by atoms with E-state index in [1.807, 2.05) is 18.2 Å². The fraction of sp³-hybridized carbons (Fsp3) is 0.200. The Hall–Kier alpha value is -3.36. The molecule has 9 nitrogen and oxygen atoms in total. The average molecular weight is 328 g/mol. The van der Waals surface area contributed by atoms with Gasteiger partial charge in [-0.05, 0) is 40.5 Å². The Kier molecular flexibility index (Phi) is 3.38. The topological polar surface area (TPSA) is 113 Å². The number of ether oxygens (including phenoxy) is 2. The van der Waals surface area contributed by atoms with Crippen LogP contribution in [0.5, 0.6) is 11.5 Å². The van der Waals surface area contributed by atoms with E-state index in [9.17, 15) is 10.1 Å². The number of nitro groups is 1. The van der Waals surface area contributed by atoms with E-state index in [1.165, 1.54) is 6.07 Å². The predicted octanol–water partition coefficient (Wildman–Crippen LogP) is 2.51. The van der Waals surface area contributed by atoms with Gasteiger partial charge in [0.15, 0.2) is 17.0 Å². The van der Waals surface area contributed by atoms with Gasteiger partial charge >= 0.3 is 5.69 Å². The number of aromatic nitrogens is 2. The molecule has 0 bridgehead atoms. The van der Waals surface area contributed by atoms with Crippen LogP contribution in [0.15, 0.2) is 35.0 Å². The van der Waals surface area contributed by atoms with Crippen LogP contribution in [-0.2, 0) is 6.42 Å². The first-order valence-corrected chi connectivity index (χ1v) is 7.24. The number of hydrogen-bond acceptors (Lipinski definition) is 8. The minimum atomic E-state index is -0.511. The van der Waals surface area contributed by atoms with Gasteiger partial charge in [0.1, 0.15) is 0 Å². The number of anilines is 1. The van der Waals surface area contributed by atoms with Crippen LogP contribution in [0.2, 0.25) is 0 Å². The highest BCUT2D eigenvalue weighted by atomic mass is 16.7. The minimum absolute atomic E-state index is 0.132. The average Bonchev–Trinajstić information content (AvgIpc) is 3.23. The van der Waals surface area contributed by atoms with Gasteiger partial charge < -0.3 is 14.8 Å². The molecule has 0 fully saturated rings. The van der Waals surface area contributed by atoms with Gasteiger partial charge in [-0.2, -0.15) is 0 Å². The summed E-state index contributed by atoms with van der Waals surface area (Å²) in [7, 11) is 0. The van der Waals surface area contributed by atoms with Crippen LogP contribution in [0.4, 0.5) is 11.4 Å². The molecule has 122 valence electrons. The Labute approximate surface area is 135 Å². The second-order valence-electron chi connectivity index (χ2n) is 5.22. The van der Waals surface area contributed by atoms with Crippen molar-refractivity contribution >= 4 is 22.4 Å². The largest absolute Gasteiger partial charge is 0.454 e. The van der Waals surface area contributed by atoms with Gasteiger partial charge in [-0.3, -0.25) is 10.1 Å². The molecule has 1 aliphatic rings. The Balaban J connectivity index is 1.48. The van der Waals surface area contributed by atoms with Crippen molar-refractivity contribution in [2.45, 2.75) is 6.42 Å². The summed E-state index contributed by atoms with van der Waals surface area (Å²) in [5, 5.41) is 21.5. The Morgan fingerprint density at radius 2 is 1.96 bits per heavy atom. The number of nitrogens with zero attached hydrogens (tertiary/aromatic N) is 3. The first kappa shape index (κ1) is 14.2. The monoisotopic (exact) mass is 328 g/mol. The van der Waals surface area contributed by atoms with Crippen LogP contribution in [0.3, 0.4) is 0 Å². The van der Waals surface area contributed by atoms with Gasteiger partial charge in [-0.25, -0.2) is 4.63 Å². The normalized spacial score (nSPS) is 12.5. The van der Waals surface area contributed by atoms with Crippen molar-refractivity contribution in [1.29, 1.82) is 0 Å². The lowest BCUT2D eigenvalue weighted by atomic mass is 10.1. The number of nitro benzene ring substituents is 1. The van der Waals surface area contributed by atoms with Crippen molar-refractivity contribution in [3.05, 3.63) is 46.0 Å². The molecule has 0 spiro atoms. The van der Waals surface area contributed by atoms with E-state index in [-0.39, 0.29) is 18.0 Å². The van der Waals surface area contributed by atoms with E-state index < -0.39 is 4.92 Å². The molecule has 4 rings (SSSR count). The second kappa shape index (κ2) is 5.69.